The molecule has 4 nitrogen and oxygen atoms in total. The van der Waals surface area contributed by atoms with E-state index in [9.17, 15) is 9.18 Å². The predicted octanol–water partition coefficient (Wildman–Crippen LogP) is 2.15. The van der Waals surface area contributed by atoms with Gasteiger partial charge in [-0.15, -0.1) is 0 Å². The summed E-state index contributed by atoms with van der Waals surface area (Å²) in [6.45, 7) is 3.89. The molecule has 1 N–H and O–H groups in total. The monoisotopic (exact) mass is 261 g/mol. The molecular formula is C14H16FN3O. The molecule has 0 radical (unpaired) electrons. The number of rotatable bonds is 3. The average molecular weight is 261 g/mol. The van der Waals surface area contributed by atoms with Crippen LogP contribution in [0.1, 0.15) is 16.7 Å². The van der Waals surface area contributed by atoms with Gasteiger partial charge in [0, 0.05) is 26.0 Å². The largest absolute Gasteiger partial charge is 0.361 e. The van der Waals surface area contributed by atoms with Crippen molar-refractivity contribution in [3.8, 4) is 0 Å². The third-order valence-corrected chi connectivity index (χ3v) is 2.97. The Morgan fingerprint density at radius 2 is 1.95 bits per heavy atom. The fraction of sp³-hybridized carbons (Fsp3) is 0.286. The normalized spacial score (nSPS) is 10.5. The second-order valence-electron chi connectivity index (χ2n) is 4.59. The minimum Gasteiger partial charge on any atom is -0.361 e. The molecule has 5 heteroatoms. The van der Waals surface area contributed by atoms with E-state index in [1.54, 1.807) is 45.4 Å². The van der Waals surface area contributed by atoms with Crippen LogP contribution in [-0.2, 0) is 13.6 Å². The first-order valence-electron chi connectivity index (χ1n) is 6.00. The fourth-order valence-electron chi connectivity index (χ4n) is 1.94. The van der Waals surface area contributed by atoms with Crippen molar-refractivity contribution in [2.75, 3.05) is 5.32 Å². The van der Waals surface area contributed by atoms with Gasteiger partial charge in [-0.05, 0) is 30.5 Å². The number of hydrogen-bond donors (Lipinski definition) is 1. The van der Waals surface area contributed by atoms with Crippen LogP contribution in [0.2, 0.25) is 0 Å². The Bertz CT molecular complexity index is 641. The molecule has 1 heterocycles. The molecule has 0 saturated carbocycles. The highest BCUT2D eigenvalue weighted by Crippen LogP contribution is 2.15. The summed E-state index contributed by atoms with van der Waals surface area (Å²) in [4.78, 5) is 15.8. The van der Waals surface area contributed by atoms with Crippen molar-refractivity contribution in [2.24, 2.45) is 7.05 Å². The van der Waals surface area contributed by atoms with Crippen molar-refractivity contribution in [2.45, 2.75) is 20.4 Å². The van der Waals surface area contributed by atoms with Gasteiger partial charge >= 0.3 is 0 Å². The summed E-state index contributed by atoms with van der Waals surface area (Å²) >= 11 is 0. The van der Waals surface area contributed by atoms with Gasteiger partial charge in [-0.2, -0.15) is 0 Å². The molecule has 1 aromatic heterocycles. The van der Waals surface area contributed by atoms with Crippen molar-refractivity contribution in [3.63, 3.8) is 0 Å². The quantitative estimate of drug-likeness (QED) is 0.921. The van der Waals surface area contributed by atoms with Crippen LogP contribution in [0.15, 0.2) is 29.3 Å². The van der Waals surface area contributed by atoms with E-state index in [0.29, 0.717) is 23.5 Å². The maximum atomic E-state index is 13.5. The van der Waals surface area contributed by atoms with Gasteiger partial charge in [0.05, 0.1) is 0 Å². The standard InChI is InChI=1S/C14H16FN3O/c1-9-6-11(7-10(2)12(9)15)8-17-13-14(19)18(3)5-4-16-13/h4-7H,8H2,1-3H3,(H,16,17). The summed E-state index contributed by atoms with van der Waals surface area (Å²) in [5.74, 6) is 0.113. The van der Waals surface area contributed by atoms with Crippen molar-refractivity contribution in [1.29, 1.82) is 0 Å². The summed E-state index contributed by atoms with van der Waals surface area (Å²) in [5.41, 5.74) is 1.94. The maximum Gasteiger partial charge on any atom is 0.293 e. The number of aryl methyl sites for hydroxylation is 3. The first-order chi connectivity index (χ1) is 8.99. The second kappa shape index (κ2) is 5.22. The summed E-state index contributed by atoms with van der Waals surface area (Å²) < 4.78 is 15.0. The third-order valence-electron chi connectivity index (χ3n) is 2.97. The molecule has 0 aliphatic rings. The van der Waals surface area contributed by atoms with Crippen molar-refractivity contribution in [3.05, 3.63) is 57.4 Å². The van der Waals surface area contributed by atoms with Gasteiger partial charge < -0.3 is 9.88 Å². The molecule has 100 valence electrons. The lowest BCUT2D eigenvalue weighted by Crippen LogP contribution is -2.21. The zero-order chi connectivity index (χ0) is 14.0. The molecular weight excluding hydrogens is 245 g/mol. The number of halogens is 1. The number of anilines is 1. The van der Waals surface area contributed by atoms with E-state index >= 15 is 0 Å². The topological polar surface area (TPSA) is 46.9 Å². The van der Waals surface area contributed by atoms with Crippen LogP contribution in [0, 0.1) is 19.7 Å². The van der Waals surface area contributed by atoms with Crippen LogP contribution in [0.3, 0.4) is 0 Å². The van der Waals surface area contributed by atoms with Crippen LogP contribution in [0.4, 0.5) is 10.2 Å². The Labute approximate surface area is 110 Å². The SMILES string of the molecule is Cc1cc(CNc2nccn(C)c2=O)cc(C)c1F. The number of hydrogen-bond acceptors (Lipinski definition) is 3. The smallest absolute Gasteiger partial charge is 0.293 e. The molecule has 0 fully saturated rings. The number of nitrogens with zero attached hydrogens (tertiary/aromatic N) is 2. The van der Waals surface area contributed by atoms with Crippen LogP contribution < -0.4 is 10.9 Å². The highest BCUT2D eigenvalue weighted by Gasteiger charge is 2.06. The minimum absolute atomic E-state index is 0.182. The highest BCUT2D eigenvalue weighted by atomic mass is 19.1. The van der Waals surface area contributed by atoms with Crippen LogP contribution in [0.25, 0.3) is 0 Å². The molecule has 0 spiro atoms. The Hall–Kier alpha value is -2.17. The van der Waals surface area contributed by atoms with E-state index < -0.39 is 0 Å². The molecule has 2 rings (SSSR count). The Morgan fingerprint density at radius 3 is 2.58 bits per heavy atom. The molecule has 0 aliphatic carbocycles. The summed E-state index contributed by atoms with van der Waals surface area (Å²) in [5, 5.41) is 2.98. The van der Waals surface area contributed by atoms with Gasteiger partial charge in [0.1, 0.15) is 5.82 Å². The number of benzene rings is 1. The zero-order valence-electron chi connectivity index (χ0n) is 11.2. The first kappa shape index (κ1) is 13.3. The number of nitrogens with one attached hydrogen (secondary N) is 1. The summed E-state index contributed by atoms with van der Waals surface area (Å²) in [6, 6.07) is 3.53. The van der Waals surface area contributed by atoms with Crippen LogP contribution in [0.5, 0.6) is 0 Å². The van der Waals surface area contributed by atoms with Gasteiger partial charge in [-0.25, -0.2) is 9.37 Å². The Balaban J connectivity index is 2.19. The molecule has 0 atom stereocenters. The molecule has 0 aliphatic heterocycles. The van der Waals surface area contributed by atoms with Crippen LogP contribution >= 0.6 is 0 Å². The average Bonchev–Trinajstić information content (AvgIpc) is 2.37. The molecule has 0 saturated heterocycles. The second-order valence-corrected chi connectivity index (χ2v) is 4.59. The molecule has 0 bridgehead atoms. The van der Waals surface area contributed by atoms with E-state index in [1.807, 2.05) is 0 Å². The van der Waals surface area contributed by atoms with E-state index in [1.165, 1.54) is 4.57 Å². The van der Waals surface area contributed by atoms with Crippen molar-refractivity contribution in [1.82, 2.24) is 9.55 Å². The highest BCUT2D eigenvalue weighted by molar-refractivity contribution is 5.36. The Morgan fingerprint density at radius 1 is 1.32 bits per heavy atom. The minimum atomic E-state index is -0.183. The maximum absolute atomic E-state index is 13.5. The van der Waals surface area contributed by atoms with Crippen LogP contribution in [-0.4, -0.2) is 9.55 Å². The van der Waals surface area contributed by atoms with Gasteiger partial charge in [-0.3, -0.25) is 4.79 Å². The first-order valence-corrected chi connectivity index (χ1v) is 6.00. The number of aromatic nitrogens is 2. The van der Waals surface area contributed by atoms with E-state index in [0.717, 1.165) is 5.56 Å². The lowest BCUT2D eigenvalue weighted by molar-refractivity contribution is 0.608. The molecule has 0 unspecified atom stereocenters. The Kier molecular flexibility index (Phi) is 3.64. The van der Waals surface area contributed by atoms with Gasteiger partial charge in [0.15, 0.2) is 5.82 Å². The molecule has 1 aromatic carbocycles. The van der Waals surface area contributed by atoms with Gasteiger partial charge in [-0.1, -0.05) is 12.1 Å². The van der Waals surface area contributed by atoms with E-state index in [4.69, 9.17) is 0 Å². The van der Waals surface area contributed by atoms with Crippen molar-refractivity contribution < 1.29 is 4.39 Å². The van der Waals surface area contributed by atoms with E-state index in [-0.39, 0.29) is 11.4 Å². The summed E-state index contributed by atoms with van der Waals surface area (Å²) in [7, 11) is 1.67. The lowest BCUT2D eigenvalue weighted by atomic mass is 10.1. The molecule has 2 aromatic rings. The van der Waals surface area contributed by atoms with Gasteiger partial charge in [0.2, 0.25) is 0 Å². The predicted molar refractivity (Wildman–Crippen MR) is 72.7 cm³/mol. The molecule has 19 heavy (non-hydrogen) atoms. The molecule has 0 amide bonds. The fourth-order valence-corrected chi connectivity index (χ4v) is 1.94. The summed E-state index contributed by atoms with van der Waals surface area (Å²) in [6.07, 6.45) is 3.16. The van der Waals surface area contributed by atoms with E-state index in [2.05, 4.69) is 10.3 Å². The zero-order valence-corrected chi connectivity index (χ0v) is 11.2. The lowest BCUT2D eigenvalue weighted by Gasteiger charge is -2.09. The van der Waals surface area contributed by atoms with Crippen molar-refractivity contribution >= 4 is 5.82 Å². The van der Waals surface area contributed by atoms with Gasteiger partial charge in [0.25, 0.3) is 5.56 Å². The third kappa shape index (κ3) is 2.81.